The predicted octanol–water partition coefficient (Wildman–Crippen LogP) is 8.05. The molecular weight excluding hydrogens is 620 g/mol. The minimum absolute atomic E-state index is 0.266. The van der Waals surface area contributed by atoms with E-state index >= 15 is 0 Å². The van der Waals surface area contributed by atoms with Crippen molar-refractivity contribution in [3.8, 4) is 5.75 Å². The van der Waals surface area contributed by atoms with Crippen molar-refractivity contribution in [3.63, 3.8) is 0 Å². The molecule has 0 aromatic heterocycles. The number of carbonyl (C=O) groups is 4. The van der Waals surface area contributed by atoms with Gasteiger partial charge in [0.05, 0.1) is 6.54 Å². The third-order valence-corrected chi connectivity index (χ3v) is 5.41. The van der Waals surface area contributed by atoms with E-state index in [0.717, 1.165) is 10.5 Å². The highest BCUT2D eigenvalue weighted by Gasteiger charge is 2.41. The molecular formula is C35H50N4O9. The molecule has 264 valence electrons. The Morgan fingerprint density at radius 3 is 1.58 bits per heavy atom. The summed E-state index contributed by atoms with van der Waals surface area (Å²) in [5, 5.41) is 0. The van der Waals surface area contributed by atoms with Gasteiger partial charge in [-0.1, -0.05) is 24.3 Å². The van der Waals surface area contributed by atoms with Crippen LogP contribution >= 0.6 is 0 Å². The quantitative estimate of drug-likeness (QED) is 0.143. The summed E-state index contributed by atoms with van der Waals surface area (Å²) in [6, 6.07) is 14.0. The molecule has 0 spiro atoms. The van der Waals surface area contributed by atoms with Gasteiger partial charge in [0, 0.05) is 5.69 Å². The Hall–Kier alpha value is -4.81. The SMILES string of the molecule is CC(C)(C)OC(=O)/N=C(/N(Cc1ccc(OCc2cccc(N)c2)cc1)C(=O)OC(C)(C)C)N(C(=O)OC(C)(C)C)C(=O)OC(C)(C)C. The zero-order chi connectivity index (χ0) is 36.7. The van der Waals surface area contributed by atoms with Crippen LogP contribution in [-0.4, -0.2) is 62.5 Å². The van der Waals surface area contributed by atoms with Crippen LogP contribution in [0.15, 0.2) is 53.5 Å². The summed E-state index contributed by atoms with van der Waals surface area (Å²) in [6.07, 6.45) is -4.71. The van der Waals surface area contributed by atoms with Crippen molar-refractivity contribution in [1.29, 1.82) is 0 Å². The monoisotopic (exact) mass is 670 g/mol. The topological polar surface area (TPSA) is 159 Å². The Morgan fingerprint density at radius 1 is 0.646 bits per heavy atom. The highest BCUT2D eigenvalue weighted by molar-refractivity contribution is 6.13. The fourth-order valence-corrected chi connectivity index (χ4v) is 3.71. The van der Waals surface area contributed by atoms with Crippen molar-refractivity contribution in [1.82, 2.24) is 9.80 Å². The number of nitrogens with two attached hydrogens (primary N) is 1. The first-order valence-corrected chi connectivity index (χ1v) is 15.5. The molecule has 2 N–H and O–H groups in total. The van der Waals surface area contributed by atoms with Gasteiger partial charge < -0.3 is 29.4 Å². The normalized spacial score (nSPS) is 12.5. The summed E-state index contributed by atoms with van der Waals surface area (Å²) in [5.41, 5.74) is 3.65. The lowest BCUT2D eigenvalue weighted by atomic mass is 10.2. The summed E-state index contributed by atoms with van der Waals surface area (Å²) in [5.74, 6) is -0.222. The standard InChI is InChI=1S/C35H50N4O9/c1-32(2,3)45-28(40)37-27(39(30(42)47-34(7,8)9)31(43)48-35(10,11)12)38(29(41)46-33(4,5)6)21-23-16-18-26(19-17-23)44-22-24-14-13-15-25(36)20-24/h13-20H,21-22,36H2,1-12H3/b37-27-. The molecule has 0 bridgehead atoms. The van der Waals surface area contributed by atoms with Crippen molar-refractivity contribution in [3.05, 3.63) is 59.7 Å². The second kappa shape index (κ2) is 15.4. The van der Waals surface area contributed by atoms with E-state index in [-0.39, 0.29) is 13.2 Å². The van der Waals surface area contributed by atoms with Gasteiger partial charge in [-0.2, -0.15) is 0 Å². The lowest BCUT2D eigenvalue weighted by Gasteiger charge is -2.33. The Kier molecular flexibility index (Phi) is 12.6. The van der Waals surface area contributed by atoms with Gasteiger partial charge in [-0.25, -0.2) is 24.1 Å². The number of nitrogen functional groups attached to an aromatic ring is 1. The molecule has 13 nitrogen and oxygen atoms in total. The zero-order valence-corrected chi connectivity index (χ0v) is 30.1. The van der Waals surface area contributed by atoms with Crippen molar-refractivity contribution >= 4 is 36.0 Å². The van der Waals surface area contributed by atoms with Crippen molar-refractivity contribution < 1.29 is 42.9 Å². The maximum atomic E-state index is 13.9. The fraction of sp³-hybridized carbons (Fsp3) is 0.514. The number of hydrogen-bond acceptors (Lipinski definition) is 10. The van der Waals surface area contributed by atoms with Crippen LogP contribution in [-0.2, 0) is 32.1 Å². The number of imide groups is 1. The maximum absolute atomic E-state index is 13.9. The fourth-order valence-electron chi connectivity index (χ4n) is 3.71. The molecule has 0 heterocycles. The van der Waals surface area contributed by atoms with Gasteiger partial charge >= 0.3 is 24.4 Å². The molecule has 4 amide bonds. The van der Waals surface area contributed by atoms with Crippen molar-refractivity contribution in [2.45, 2.75) is 119 Å². The largest absolute Gasteiger partial charge is 0.489 e. The Balaban J connectivity index is 2.68. The lowest BCUT2D eigenvalue weighted by Crippen LogP contribution is -2.55. The molecule has 0 aliphatic rings. The second-order valence-electron chi connectivity index (χ2n) is 14.9. The number of carbonyl (C=O) groups excluding carboxylic acids is 4. The van der Waals surface area contributed by atoms with E-state index in [1.165, 1.54) is 0 Å². The molecule has 2 rings (SSSR count). The van der Waals surface area contributed by atoms with Gasteiger partial charge in [-0.05, 0) is 118 Å². The third-order valence-electron chi connectivity index (χ3n) is 5.41. The van der Waals surface area contributed by atoms with Crippen LogP contribution in [0.2, 0.25) is 0 Å². The predicted molar refractivity (Wildman–Crippen MR) is 181 cm³/mol. The van der Waals surface area contributed by atoms with Crippen molar-refractivity contribution in [2.24, 2.45) is 4.99 Å². The molecule has 0 radical (unpaired) electrons. The Labute approximate surface area is 283 Å². The van der Waals surface area contributed by atoms with Crippen LogP contribution in [0.4, 0.5) is 24.9 Å². The number of amides is 4. The molecule has 2 aromatic carbocycles. The van der Waals surface area contributed by atoms with E-state index in [9.17, 15) is 19.2 Å². The number of nitrogens with zero attached hydrogens (tertiary/aromatic N) is 3. The summed E-state index contributed by atoms with van der Waals surface area (Å²) in [7, 11) is 0. The number of hydrogen-bond donors (Lipinski definition) is 1. The average Bonchev–Trinajstić information content (AvgIpc) is 2.86. The van der Waals surface area contributed by atoms with Gasteiger partial charge in [0.15, 0.2) is 0 Å². The van der Waals surface area contributed by atoms with Gasteiger partial charge in [0.1, 0.15) is 34.8 Å². The number of guanidine groups is 1. The van der Waals surface area contributed by atoms with Crippen LogP contribution in [0, 0.1) is 0 Å². The lowest BCUT2D eigenvalue weighted by molar-refractivity contribution is 0.0103. The second-order valence-corrected chi connectivity index (χ2v) is 14.9. The Bertz CT molecular complexity index is 1450. The number of anilines is 1. The van der Waals surface area contributed by atoms with Gasteiger partial charge in [0.2, 0.25) is 5.96 Å². The van der Waals surface area contributed by atoms with E-state index in [2.05, 4.69) is 4.99 Å². The summed E-state index contributed by atoms with van der Waals surface area (Å²) < 4.78 is 28.0. The van der Waals surface area contributed by atoms with Crippen LogP contribution in [0.5, 0.6) is 5.75 Å². The number of benzene rings is 2. The highest BCUT2D eigenvalue weighted by Crippen LogP contribution is 2.23. The number of ether oxygens (including phenoxy) is 5. The smallest absolute Gasteiger partial charge is 0.437 e. The van der Waals surface area contributed by atoms with Gasteiger partial charge in [0.25, 0.3) is 0 Å². The summed E-state index contributed by atoms with van der Waals surface area (Å²) in [4.78, 5) is 59.6. The van der Waals surface area contributed by atoms with E-state index in [1.54, 1.807) is 119 Å². The number of rotatable bonds is 5. The summed E-state index contributed by atoms with van der Waals surface area (Å²) in [6.45, 7) is 19.2. The first-order valence-electron chi connectivity index (χ1n) is 15.5. The first kappa shape index (κ1) is 39.4. The highest BCUT2D eigenvalue weighted by atomic mass is 16.6. The van der Waals surface area contributed by atoms with Crippen LogP contribution in [0.25, 0.3) is 0 Å². The van der Waals surface area contributed by atoms with E-state index in [0.29, 0.717) is 21.9 Å². The molecule has 0 saturated heterocycles. The molecule has 0 aliphatic carbocycles. The van der Waals surface area contributed by atoms with E-state index in [1.807, 2.05) is 12.1 Å². The van der Waals surface area contributed by atoms with Crippen LogP contribution in [0.3, 0.4) is 0 Å². The van der Waals surface area contributed by atoms with Gasteiger partial charge in [-0.15, -0.1) is 9.89 Å². The van der Waals surface area contributed by atoms with E-state index in [4.69, 9.17) is 29.4 Å². The molecule has 0 atom stereocenters. The summed E-state index contributed by atoms with van der Waals surface area (Å²) >= 11 is 0. The molecule has 0 fully saturated rings. The van der Waals surface area contributed by atoms with Crippen LogP contribution < -0.4 is 10.5 Å². The first-order chi connectivity index (χ1) is 21.8. The minimum atomic E-state index is -1.25. The molecule has 13 heteroatoms. The minimum Gasteiger partial charge on any atom is -0.489 e. The molecule has 0 unspecified atom stereocenters. The zero-order valence-electron chi connectivity index (χ0n) is 30.1. The Morgan fingerprint density at radius 2 is 1.12 bits per heavy atom. The molecule has 0 saturated carbocycles. The molecule has 2 aromatic rings. The molecule has 48 heavy (non-hydrogen) atoms. The third kappa shape index (κ3) is 14.3. The van der Waals surface area contributed by atoms with Gasteiger partial charge in [-0.3, -0.25) is 0 Å². The van der Waals surface area contributed by atoms with Crippen LogP contribution in [0.1, 0.15) is 94.2 Å². The number of aliphatic imine (C=N–C) groups is 1. The molecule has 0 aliphatic heterocycles. The van der Waals surface area contributed by atoms with E-state index < -0.39 is 52.7 Å². The van der Waals surface area contributed by atoms with Crippen molar-refractivity contribution in [2.75, 3.05) is 5.73 Å². The maximum Gasteiger partial charge on any atom is 0.437 e. The average molecular weight is 671 g/mol.